The Labute approximate surface area is 123 Å². The summed E-state index contributed by atoms with van der Waals surface area (Å²) >= 11 is 0. The Morgan fingerprint density at radius 2 is 1.62 bits per heavy atom. The third kappa shape index (κ3) is 2.56. The van der Waals surface area contributed by atoms with Crippen LogP contribution in [-0.2, 0) is 18.8 Å². The third-order valence-corrected chi connectivity index (χ3v) is 3.98. The Morgan fingerprint density at radius 1 is 1.05 bits per heavy atom. The minimum Gasteiger partial charge on any atom is -0.377 e. The lowest BCUT2D eigenvalue weighted by Crippen LogP contribution is -2.39. The van der Waals surface area contributed by atoms with Crippen LogP contribution in [-0.4, -0.2) is 16.2 Å². The van der Waals surface area contributed by atoms with Gasteiger partial charge in [0.2, 0.25) is 0 Å². The van der Waals surface area contributed by atoms with Gasteiger partial charge in [-0.25, -0.2) is 4.79 Å². The van der Waals surface area contributed by atoms with Crippen molar-refractivity contribution in [1.82, 2.24) is 9.13 Å². The lowest BCUT2D eigenvalue weighted by Gasteiger charge is -2.14. The number of hydrogen-bond acceptors (Lipinski definition) is 3. The molecule has 0 N–H and O–H groups in total. The molecule has 1 heterocycles. The van der Waals surface area contributed by atoms with E-state index in [0.717, 1.165) is 15.7 Å². The zero-order valence-corrected chi connectivity index (χ0v) is 13.0. The predicted octanol–water partition coefficient (Wildman–Crippen LogP) is 1.77. The highest BCUT2D eigenvalue weighted by Crippen LogP contribution is 2.22. The Balaban J connectivity index is 2.63. The van der Waals surface area contributed by atoms with Crippen LogP contribution in [0.15, 0.2) is 33.9 Å². The van der Waals surface area contributed by atoms with Crippen LogP contribution in [0.1, 0.15) is 24.3 Å². The molecule has 0 fully saturated rings. The van der Waals surface area contributed by atoms with E-state index in [0.29, 0.717) is 11.3 Å². The van der Waals surface area contributed by atoms with E-state index < -0.39 is 0 Å². The maximum absolute atomic E-state index is 12.4. The highest BCUT2D eigenvalue weighted by Gasteiger charge is 2.14. The van der Waals surface area contributed by atoms with E-state index in [1.54, 1.807) is 21.1 Å². The van der Waals surface area contributed by atoms with Gasteiger partial charge in [0.25, 0.3) is 5.56 Å². The number of methoxy groups -OCH3 is 1. The Morgan fingerprint density at radius 3 is 2.14 bits per heavy atom. The predicted molar refractivity (Wildman–Crippen MR) is 82.5 cm³/mol. The number of ether oxygens (including phenoxy) is 1. The molecule has 1 atom stereocenters. The van der Waals surface area contributed by atoms with Gasteiger partial charge in [-0.15, -0.1) is 0 Å². The summed E-state index contributed by atoms with van der Waals surface area (Å²) in [6, 6.07) is 7.65. The molecule has 0 bridgehead atoms. The standard InChI is InChI=1S/C16H20N2O3/c1-10-14(15(19)18(4)16(20)17(10)3)13-8-6-12(7-9-13)11(2)21-5/h6-9,11H,1-5H3/t11-/m1/s1. The molecular formula is C16H20N2O3. The van der Waals surface area contributed by atoms with Crippen molar-refractivity contribution >= 4 is 0 Å². The summed E-state index contributed by atoms with van der Waals surface area (Å²) in [7, 11) is 4.82. The largest absolute Gasteiger partial charge is 0.377 e. The molecule has 0 spiro atoms. The molecule has 0 aliphatic rings. The maximum atomic E-state index is 12.4. The molecule has 2 rings (SSSR count). The minimum absolute atomic E-state index is 0.00288. The van der Waals surface area contributed by atoms with Gasteiger partial charge in [-0.3, -0.25) is 9.36 Å². The monoisotopic (exact) mass is 288 g/mol. The van der Waals surface area contributed by atoms with E-state index >= 15 is 0 Å². The number of benzene rings is 1. The second-order valence-electron chi connectivity index (χ2n) is 5.17. The van der Waals surface area contributed by atoms with Crippen LogP contribution in [0.2, 0.25) is 0 Å². The van der Waals surface area contributed by atoms with Gasteiger partial charge in [-0.2, -0.15) is 0 Å². The van der Waals surface area contributed by atoms with Crippen molar-refractivity contribution in [1.29, 1.82) is 0 Å². The molecule has 21 heavy (non-hydrogen) atoms. The first-order valence-electron chi connectivity index (χ1n) is 6.78. The van der Waals surface area contributed by atoms with E-state index in [1.807, 2.05) is 31.2 Å². The molecule has 0 unspecified atom stereocenters. The molecule has 5 heteroatoms. The average Bonchev–Trinajstić information content (AvgIpc) is 2.51. The molecule has 1 aromatic heterocycles. The zero-order valence-electron chi connectivity index (χ0n) is 13.0. The topological polar surface area (TPSA) is 53.2 Å². The molecule has 112 valence electrons. The maximum Gasteiger partial charge on any atom is 0.330 e. The quantitative estimate of drug-likeness (QED) is 0.865. The summed E-state index contributed by atoms with van der Waals surface area (Å²) in [6.07, 6.45) is 0.00288. The van der Waals surface area contributed by atoms with Crippen LogP contribution in [0.3, 0.4) is 0 Å². The van der Waals surface area contributed by atoms with Gasteiger partial charge in [-0.1, -0.05) is 24.3 Å². The number of nitrogens with zero attached hydrogens (tertiary/aromatic N) is 2. The lowest BCUT2D eigenvalue weighted by molar-refractivity contribution is 0.119. The molecule has 0 saturated carbocycles. The molecule has 0 aliphatic carbocycles. The molecule has 0 radical (unpaired) electrons. The van der Waals surface area contributed by atoms with E-state index in [1.165, 1.54) is 11.6 Å². The second-order valence-corrected chi connectivity index (χ2v) is 5.17. The smallest absolute Gasteiger partial charge is 0.330 e. The average molecular weight is 288 g/mol. The van der Waals surface area contributed by atoms with Crippen molar-refractivity contribution in [2.75, 3.05) is 7.11 Å². The first kappa shape index (κ1) is 15.3. The van der Waals surface area contributed by atoms with Gasteiger partial charge in [-0.05, 0) is 25.0 Å². The van der Waals surface area contributed by atoms with E-state index in [-0.39, 0.29) is 17.4 Å². The lowest BCUT2D eigenvalue weighted by atomic mass is 10.0. The summed E-state index contributed by atoms with van der Waals surface area (Å²) in [6.45, 7) is 3.75. The zero-order chi connectivity index (χ0) is 15.7. The van der Waals surface area contributed by atoms with Crippen LogP contribution in [0.4, 0.5) is 0 Å². The molecule has 2 aromatic rings. The van der Waals surface area contributed by atoms with Gasteiger partial charge in [0.05, 0.1) is 11.7 Å². The molecular weight excluding hydrogens is 268 g/mol. The van der Waals surface area contributed by atoms with Gasteiger partial charge in [0.1, 0.15) is 0 Å². The van der Waals surface area contributed by atoms with Crippen molar-refractivity contribution < 1.29 is 4.74 Å². The summed E-state index contributed by atoms with van der Waals surface area (Å²) in [5.74, 6) is 0. The van der Waals surface area contributed by atoms with E-state index in [4.69, 9.17) is 4.74 Å². The Bertz CT molecular complexity index is 770. The van der Waals surface area contributed by atoms with E-state index in [9.17, 15) is 9.59 Å². The van der Waals surface area contributed by atoms with Crippen molar-refractivity contribution in [3.63, 3.8) is 0 Å². The van der Waals surface area contributed by atoms with Crippen molar-refractivity contribution in [3.8, 4) is 11.1 Å². The first-order valence-corrected chi connectivity index (χ1v) is 6.78. The third-order valence-electron chi connectivity index (χ3n) is 3.98. The fourth-order valence-electron chi connectivity index (χ4n) is 2.33. The highest BCUT2D eigenvalue weighted by atomic mass is 16.5. The summed E-state index contributed by atoms with van der Waals surface area (Å²) in [4.78, 5) is 24.2. The molecule has 0 amide bonds. The van der Waals surface area contributed by atoms with Crippen molar-refractivity contribution in [3.05, 3.63) is 56.4 Å². The fraction of sp³-hybridized carbons (Fsp3) is 0.375. The Kier molecular flexibility index (Phi) is 4.14. The van der Waals surface area contributed by atoms with Crippen molar-refractivity contribution in [2.45, 2.75) is 20.0 Å². The highest BCUT2D eigenvalue weighted by molar-refractivity contribution is 5.65. The van der Waals surface area contributed by atoms with Crippen molar-refractivity contribution in [2.24, 2.45) is 14.1 Å². The van der Waals surface area contributed by atoms with Crippen LogP contribution >= 0.6 is 0 Å². The summed E-state index contributed by atoms with van der Waals surface area (Å²) < 4.78 is 7.89. The number of rotatable bonds is 3. The second kappa shape index (κ2) is 5.69. The minimum atomic E-state index is -0.314. The molecule has 0 saturated heterocycles. The molecule has 1 aromatic carbocycles. The Hall–Kier alpha value is -2.14. The van der Waals surface area contributed by atoms with Gasteiger partial charge < -0.3 is 9.30 Å². The van der Waals surface area contributed by atoms with Crippen LogP contribution in [0, 0.1) is 6.92 Å². The van der Waals surface area contributed by atoms with Gasteiger partial charge in [0, 0.05) is 26.9 Å². The summed E-state index contributed by atoms with van der Waals surface area (Å²) in [5, 5.41) is 0. The van der Waals surface area contributed by atoms with Crippen LogP contribution in [0.5, 0.6) is 0 Å². The van der Waals surface area contributed by atoms with Crippen LogP contribution < -0.4 is 11.2 Å². The van der Waals surface area contributed by atoms with E-state index in [2.05, 4.69) is 0 Å². The van der Waals surface area contributed by atoms with Crippen LogP contribution in [0.25, 0.3) is 11.1 Å². The number of hydrogen-bond donors (Lipinski definition) is 0. The molecule has 5 nitrogen and oxygen atoms in total. The first-order chi connectivity index (χ1) is 9.88. The molecule has 0 aliphatic heterocycles. The normalized spacial score (nSPS) is 12.4. The SMILES string of the molecule is CO[C@H](C)c1ccc(-c2c(C)n(C)c(=O)n(C)c2=O)cc1. The summed E-state index contributed by atoms with van der Waals surface area (Å²) in [5.41, 5.74) is 2.47. The number of aromatic nitrogens is 2. The van der Waals surface area contributed by atoms with Gasteiger partial charge in [0.15, 0.2) is 0 Å². The fourth-order valence-corrected chi connectivity index (χ4v) is 2.33. The van der Waals surface area contributed by atoms with Gasteiger partial charge >= 0.3 is 5.69 Å².